The molecule has 4 heteroatoms. The number of phenolic OH excluding ortho intramolecular Hbond substituents is 1. The van der Waals surface area contributed by atoms with Gasteiger partial charge in [-0.25, -0.2) is 0 Å². The first-order chi connectivity index (χ1) is 8.49. The molecule has 0 radical (unpaired) electrons. The quantitative estimate of drug-likeness (QED) is 0.823. The van der Waals surface area contributed by atoms with Gasteiger partial charge < -0.3 is 9.67 Å². The third-order valence-corrected chi connectivity index (χ3v) is 3.33. The second-order valence-corrected chi connectivity index (χ2v) is 4.71. The van der Waals surface area contributed by atoms with Crippen molar-refractivity contribution in [1.29, 1.82) is 0 Å². The number of nitrogens with zero attached hydrogens (tertiary/aromatic N) is 2. The van der Waals surface area contributed by atoms with Crippen molar-refractivity contribution < 1.29 is 5.11 Å². The summed E-state index contributed by atoms with van der Waals surface area (Å²) >= 11 is 5.77. The van der Waals surface area contributed by atoms with Crippen LogP contribution in [0.25, 0.3) is 0 Å². The molecule has 94 valence electrons. The molecule has 0 aliphatic heterocycles. The number of aromatic hydroxyl groups is 1. The standard InChI is InChI=1S/C14H15ClN2O/c1-9-6-11(10(2)17(9)3)8-16-13-5-4-12(15)7-14(13)18/h4-8,18H,1-3H3. The Hall–Kier alpha value is -1.74. The fourth-order valence-corrected chi connectivity index (χ4v) is 1.93. The van der Waals surface area contributed by atoms with E-state index in [-0.39, 0.29) is 5.75 Å². The molecule has 1 aromatic carbocycles. The summed E-state index contributed by atoms with van der Waals surface area (Å²) in [6.45, 7) is 4.08. The van der Waals surface area contributed by atoms with Gasteiger partial charge in [-0.2, -0.15) is 0 Å². The number of aliphatic imine (C=N–C) groups is 1. The molecular weight excluding hydrogens is 248 g/mol. The molecule has 18 heavy (non-hydrogen) atoms. The van der Waals surface area contributed by atoms with Crippen molar-refractivity contribution in [2.24, 2.45) is 12.0 Å². The van der Waals surface area contributed by atoms with E-state index in [2.05, 4.69) is 15.6 Å². The van der Waals surface area contributed by atoms with Crippen molar-refractivity contribution in [2.45, 2.75) is 13.8 Å². The first-order valence-corrected chi connectivity index (χ1v) is 6.02. The van der Waals surface area contributed by atoms with Crippen LogP contribution in [0.5, 0.6) is 5.75 Å². The average Bonchev–Trinajstić information content (AvgIpc) is 2.56. The summed E-state index contributed by atoms with van der Waals surface area (Å²) in [5.41, 5.74) is 3.88. The first kappa shape index (κ1) is 12.7. The molecule has 1 N–H and O–H groups in total. The maximum atomic E-state index is 9.70. The molecular formula is C14H15ClN2O. The fraction of sp³-hybridized carbons (Fsp3) is 0.214. The van der Waals surface area contributed by atoms with Gasteiger partial charge >= 0.3 is 0 Å². The van der Waals surface area contributed by atoms with Crippen molar-refractivity contribution in [3.05, 3.63) is 46.2 Å². The molecule has 0 fully saturated rings. The molecule has 2 aromatic rings. The molecule has 0 atom stereocenters. The summed E-state index contributed by atoms with van der Waals surface area (Å²) in [6, 6.07) is 6.94. The van der Waals surface area contributed by atoms with Crippen molar-refractivity contribution in [3.63, 3.8) is 0 Å². The minimum absolute atomic E-state index is 0.0871. The van der Waals surface area contributed by atoms with Crippen molar-refractivity contribution in [2.75, 3.05) is 0 Å². The van der Waals surface area contributed by atoms with Gasteiger partial charge in [0.2, 0.25) is 0 Å². The third kappa shape index (κ3) is 2.41. The zero-order chi connectivity index (χ0) is 13.3. The summed E-state index contributed by atoms with van der Waals surface area (Å²) < 4.78 is 2.10. The van der Waals surface area contributed by atoms with Crippen LogP contribution < -0.4 is 0 Å². The predicted molar refractivity (Wildman–Crippen MR) is 75.3 cm³/mol. The Morgan fingerprint density at radius 2 is 2.00 bits per heavy atom. The van der Waals surface area contributed by atoms with Crippen LogP contribution in [0.15, 0.2) is 29.3 Å². The van der Waals surface area contributed by atoms with Crippen molar-refractivity contribution >= 4 is 23.5 Å². The second kappa shape index (κ2) is 4.86. The van der Waals surface area contributed by atoms with E-state index in [1.54, 1.807) is 18.3 Å². The lowest BCUT2D eigenvalue weighted by molar-refractivity contribution is 0.477. The van der Waals surface area contributed by atoms with Gasteiger partial charge in [0.1, 0.15) is 11.4 Å². The molecule has 1 heterocycles. The molecule has 3 nitrogen and oxygen atoms in total. The van der Waals surface area contributed by atoms with Crippen LogP contribution in [0.2, 0.25) is 5.02 Å². The summed E-state index contributed by atoms with van der Waals surface area (Å²) in [5, 5.41) is 10.2. The molecule has 0 saturated heterocycles. The smallest absolute Gasteiger partial charge is 0.142 e. The lowest BCUT2D eigenvalue weighted by atomic mass is 10.2. The highest BCUT2D eigenvalue weighted by molar-refractivity contribution is 6.30. The van der Waals surface area contributed by atoms with Crippen LogP contribution in [-0.2, 0) is 7.05 Å². The lowest BCUT2D eigenvalue weighted by Gasteiger charge is -2.00. The number of hydrogen-bond donors (Lipinski definition) is 1. The van der Waals surface area contributed by atoms with Crippen molar-refractivity contribution in [3.8, 4) is 5.75 Å². The number of aromatic nitrogens is 1. The zero-order valence-corrected chi connectivity index (χ0v) is 11.4. The van der Waals surface area contributed by atoms with E-state index >= 15 is 0 Å². The Morgan fingerprint density at radius 1 is 1.28 bits per heavy atom. The van der Waals surface area contributed by atoms with E-state index in [0.717, 1.165) is 11.3 Å². The molecule has 1 aromatic heterocycles. The molecule has 0 spiro atoms. The Balaban J connectivity index is 2.33. The summed E-state index contributed by atoms with van der Waals surface area (Å²) in [6.07, 6.45) is 1.76. The number of phenols is 1. The molecule has 2 rings (SSSR count). The molecule has 0 unspecified atom stereocenters. The fourth-order valence-electron chi connectivity index (χ4n) is 1.76. The number of aryl methyl sites for hydroxylation is 1. The van der Waals surface area contributed by atoms with Gasteiger partial charge in [-0.3, -0.25) is 4.99 Å². The topological polar surface area (TPSA) is 37.5 Å². The molecule has 0 saturated carbocycles. The minimum atomic E-state index is 0.0871. The third-order valence-electron chi connectivity index (χ3n) is 3.09. The summed E-state index contributed by atoms with van der Waals surface area (Å²) in [5.74, 6) is 0.0871. The van der Waals surface area contributed by atoms with Gasteiger partial charge in [0.05, 0.1) is 0 Å². The predicted octanol–water partition coefficient (Wildman–Crippen LogP) is 3.75. The van der Waals surface area contributed by atoms with Crippen LogP contribution in [0.3, 0.4) is 0 Å². The van der Waals surface area contributed by atoms with E-state index in [1.807, 2.05) is 20.9 Å². The Labute approximate surface area is 111 Å². The van der Waals surface area contributed by atoms with Gasteiger partial charge in [-0.15, -0.1) is 0 Å². The maximum absolute atomic E-state index is 9.70. The Kier molecular flexibility index (Phi) is 3.43. The minimum Gasteiger partial charge on any atom is -0.506 e. The number of hydrogen-bond acceptors (Lipinski definition) is 2. The van der Waals surface area contributed by atoms with E-state index in [0.29, 0.717) is 10.7 Å². The van der Waals surface area contributed by atoms with Gasteiger partial charge in [0.25, 0.3) is 0 Å². The van der Waals surface area contributed by atoms with E-state index in [9.17, 15) is 5.11 Å². The Bertz CT molecular complexity index is 614. The van der Waals surface area contributed by atoms with Crippen LogP contribution in [0.1, 0.15) is 17.0 Å². The second-order valence-electron chi connectivity index (χ2n) is 4.28. The average molecular weight is 263 g/mol. The van der Waals surface area contributed by atoms with E-state index < -0.39 is 0 Å². The van der Waals surface area contributed by atoms with Crippen LogP contribution >= 0.6 is 11.6 Å². The molecule has 0 amide bonds. The number of rotatable bonds is 2. The van der Waals surface area contributed by atoms with Crippen LogP contribution in [0.4, 0.5) is 5.69 Å². The summed E-state index contributed by atoms with van der Waals surface area (Å²) in [7, 11) is 2.02. The molecule has 0 bridgehead atoms. The molecule has 0 aliphatic rings. The van der Waals surface area contributed by atoms with E-state index in [1.165, 1.54) is 11.8 Å². The normalized spacial score (nSPS) is 11.3. The Morgan fingerprint density at radius 3 is 2.56 bits per heavy atom. The zero-order valence-electron chi connectivity index (χ0n) is 10.6. The van der Waals surface area contributed by atoms with Gasteiger partial charge in [0.15, 0.2) is 0 Å². The largest absolute Gasteiger partial charge is 0.506 e. The highest BCUT2D eigenvalue weighted by Gasteiger charge is 2.04. The van der Waals surface area contributed by atoms with Gasteiger partial charge in [-0.05, 0) is 32.0 Å². The maximum Gasteiger partial charge on any atom is 0.142 e. The SMILES string of the molecule is Cc1cc(C=Nc2ccc(Cl)cc2O)c(C)n1C. The van der Waals surface area contributed by atoms with E-state index in [4.69, 9.17) is 11.6 Å². The highest BCUT2D eigenvalue weighted by Crippen LogP contribution is 2.29. The van der Waals surface area contributed by atoms with Crippen LogP contribution in [0, 0.1) is 13.8 Å². The monoisotopic (exact) mass is 262 g/mol. The van der Waals surface area contributed by atoms with Crippen LogP contribution in [-0.4, -0.2) is 15.9 Å². The first-order valence-electron chi connectivity index (χ1n) is 5.64. The lowest BCUT2D eigenvalue weighted by Crippen LogP contribution is -1.93. The highest BCUT2D eigenvalue weighted by atomic mass is 35.5. The number of halogens is 1. The van der Waals surface area contributed by atoms with Gasteiger partial charge in [-0.1, -0.05) is 11.6 Å². The molecule has 0 aliphatic carbocycles. The summed E-state index contributed by atoms with van der Waals surface area (Å²) in [4.78, 5) is 4.29. The number of benzene rings is 1. The van der Waals surface area contributed by atoms with Gasteiger partial charge in [0, 0.05) is 41.3 Å². The van der Waals surface area contributed by atoms with Crippen molar-refractivity contribution in [1.82, 2.24) is 4.57 Å².